The maximum Gasteiger partial charge on any atom is 1.00 e. The Morgan fingerprint density at radius 1 is 1.62 bits per heavy atom. The minimum atomic E-state index is 0. The van der Waals surface area contributed by atoms with Crippen LogP contribution in [0.25, 0.3) is 0 Å². The number of nitrogens with one attached hydrogen (secondary N) is 1. The van der Waals surface area contributed by atoms with E-state index in [1.165, 1.54) is 0 Å². The standard InChI is InChI=1S/C6H10N.Li/c1-3-5-6-7-4-2;/h7H,4-6H2,2H3;/q-1;+1. The van der Waals surface area contributed by atoms with Crippen LogP contribution in [0.3, 0.4) is 0 Å². The zero-order chi connectivity index (χ0) is 5.54. The van der Waals surface area contributed by atoms with Crippen molar-refractivity contribution in [3.05, 3.63) is 6.42 Å². The summed E-state index contributed by atoms with van der Waals surface area (Å²) in [6, 6.07) is 0. The molecule has 1 N–H and O–H groups in total. The van der Waals surface area contributed by atoms with Crippen LogP contribution in [-0.4, -0.2) is 13.1 Å². The second-order valence-electron chi connectivity index (χ2n) is 1.28. The smallest absolute Gasteiger partial charge is 0.694 e. The molecule has 0 aliphatic carbocycles. The van der Waals surface area contributed by atoms with Crippen molar-refractivity contribution in [2.75, 3.05) is 13.1 Å². The quantitative estimate of drug-likeness (QED) is 0.181. The molecule has 8 heavy (non-hydrogen) atoms. The average Bonchev–Trinajstić information content (AvgIpc) is 1.69. The van der Waals surface area contributed by atoms with Crippen LogP contribution in [-0.2, 0) is 0 Å². The van der Waals surface area contributed by atoms with E-state index in [1.807, 2.05) is 6.92 Å². The summed E-state index contributed by atoms with van der Waals surface area (Å²) >= 11 is 0. The summed E-state index contributed by atoms with van der Waals surface area (Å²) in [7, 11) is 0. The molecule has 0 spiro atoms. The van der Waals surface area contributed by atoms with Gasteiger partial charge in [0.05, 0.1) is 0 Å². The summed E-state index contributed by atoms with van der Waals surface area (Å²) in [6.07, 6.45) is 7.22. The van der Waals surface area contributed by atoms with Gasteiger partial charge in [-0.1, -0.05) is 6.92 Å². The minimum absolute atomic E-state index is 0. The summed E-state index contributed by atoms with van der Waals surface area (Å²) < 4.78 is 0. The van der Waals surface area contributed by atoms with Gasteiger partial charge in [0, 0.05) is 6.54 Å². The Balaban J connectivity index is 0. The molecule has 0 aromatic carbocycles. The normalized spacial score (nSPS) is 7.00. The van der Waals surface area contributed by atoms with Crippen LogP contribution >= 0.6 is 0 Å². The Bertz CT molecular complexity index is 65.4. The van der Waals surface area contributed by atoms with Crippen LogP contribution in [0.5, 0.6) is 0 Å². The van der Waals surface area contributed by atoms with Gasteiger partial charge in [0.15, 0.2) is 0 Å². The maximum absolute atomic E-state index is 6.49. The van der Waals surface area contributed by atoms with Gasteiger partial charge in [-0.25, -0.2) is 0 Å². The molecule has 0 unspecified atom stereocenters. The second kappa shape index (κ2) is 10.2. The molecule has 40 valence electrons. The van der Waals surface area contributed by atoms with Crippen molar-refractivity contribution in [3.8, 4) is 5.92 Å². The average molecular weight is 103 g/mol. The van der Waals surface area contributed by atoms with Crippen LogP contribution < -0.4 is 24.2 Å². The molecule has 0 aromatic heterocycles. The predicted octanol–water partition coefficient (Wildman–Crippen LogP) is -2.42. The molecule has 0 saturated carbocycles. The first kappa shape index (κ1) is 11.0. The van der Waals surface area contributed by atoms with Gasteiger partial charge in [-0.15, -0.1) is 0 Å². The van der Waals surface area contributed by atoms with E-state index in [2.05, 4.69) is 11.2 Å². The Morgan fingerprint density at radius 2 is 2.25 bits per heavy atom. The van der Waals surface area contributed by atoms with E-state index in [9.17, 15) is 0 Å². The molecular formula is C6H10LiN. The first-order valence-corrected chi connectivity index (χ1v) is 2.52. The second-order valence-corrected chi connectivity index (χ2v) is 1.28. The molecule has 0 amide bonds. The monoisotopic (exact) mass is 103 g/mol. The van der Waals surface area contributed by atoms with Gasteiger partial charge in [0.1, 0.15) is 0 Å². The van der Waals surface area contributed by atoms with Crippen molar-refractivity contribution < 1.29 is 18.9 Å². The molecule has 0 aromatic rings. The molecular weight excluding hydrogens is 93.0 g/mol. The van der Waals surface area contributed by atoms with E-state index in [0.717, 1.165) is 19.5 Å². The molecule has 0 fully saturated rings. The van der Waals surface area contributed by atoms with Crippen LogP contribution in [0.4, 0.5) is 0 Å². The zero-order valence-corrected chi connectivity index (χ0v) is 5.62. The minimum Gasteiger partial charge on any atom is -0.694 e. The van der Waals surface area contributed by atoms with Gasteiger partial charge in [-0.2, -0.15) is 0 Å². The summed E-state index contributed by atoms with van der Waals surface area (Å²) in [6.45, 7) is 3.92. The topological polar surface area (TPSA) is 12.0 Å². The molecule has 0 saturated heterocycles. The van der Waals surface area contributed by atoms with Crippen molar-refractivity contribution in [1.82, 2.24) is 5.32 Å². The molecule has 0 aliphatic rings. The van der Waals surface area contributed by atoms with Gasteiger partial charge >= 0.3 is 18.9 Å². The summed E-state index contributed by atoms with van der Waals surface area (Å²) in [4.78, 5) is 0. The largest absolute Gasteiger partial charge is 1.00 e. The third-order valence-corrected chi connectivity index (χ3v) is 0.677. The van der Waals surface area contributed by atoms with Crippen LogP contribution in [0, 0.1) is 12.3 Å². The summed E-state index contributed by atoms with van der Waals surface area (Å²) in [5.41, 5.74) is 0. The van der Waals surface area contributed by atoms with E-state index in [0.29, 0.717) is 0 Å². The summed E-state index contributed by atoms with van der Waals surface area (Å²) in [5.74, 6) is 2.29. The van der Waals surface area contributed by atoms with E-state index >= 15 is 0 Å². The fourth-order valence-electron chi connectivity index (χ4n) is 0.328. The zero-order valence-electron chi connectivity index (χ0n) is 5.62. The Labute approximate surface area is 63.4 Å². The van der Waals surface area contributed by atoms with Crippen molar-refractivity contribution in [3.63, 3.8) is 0 Å². The first-order valence-electron chi connectivity index (χ1n) is 2.52. The maximum atomic E-state index is 6.49. The Hall–Kier alpha value is 0.117. The van der Waals surface area contributed by atoms with E-state index in [4.69, 9.17) is 6.42 Å². The molecule has 0 atom stereocenters. The molecule has 2 heteroatoms. The number of rotatable bonds is 3. The third kappa shape index (κ3) is 9.45. The first-order chi connectivity index (χ1) is 3.41. The molecule has 0 radical (unpaired) electrons. The van der Waals surface area contributed by atoms with Gasteiger partial charge in [0.2, 0.25) is 0 Å². The predicted molar refractivity (Wildman–Crippen MR) is 30.3 cm³/mol. The van der Waals surface area contributed by atoms with Gasteiger partial charge in [0.25, 0.3) is 0 Å². The third-order valence-electron chi connectivity index (χ3n) is 0.677. The Kier molecular flexibility index (Phi) is 14.0. The number of hydrogen-bond donors (Lipinski definition) is 1. The van der Waals surface area contributed by atoms with E-state index in [-0.39, 0.29) is 18.9 Å². The van der Waals surface area contributed by atoms with Crippen molar-refractivity contribution >= 4 is 0 Å². The summed E-state index contributed by atoms with van der Waals surface area (Å²) in [5, 5.41) is 3.07. The fraction of sp³-hybridized carbons (Fsp3) is 0.667. The Morgan fingerprint density at radius 3 is 2.62 bits per heavy atom. The molecule has 0 bridgehead atoms. The number of hydrogen-bond acceptors (Lipinski definition) is 1. The van der Waals surface area contributed by atoms with Crippen molar-refractivity contribution in [2.24, 2.45) is 0 Å². The van der Waals surface area contributed by atoms with Crippen LogP contribution in [0.2, 0.25) is 0 Å². The van der Waals surface area contributed by atoms with Gasteiger partial charge in [-0.05, 0) is 13.0 Å². The van der Waals surface area contributed by atoms with Gasteiger partial charge < -0.3 is 17.7 Å². The van der Waals surface area contributed by atoms with Crippen LogP contribution in [0.15, 0.2) is 0 Å². The molecule has 1 nitrogen and oxygen atoms in total. The van der Waals surface area contributed by atoms with Crippen LogP contribution in [0.1, 0.15) is 13.3 Å². The van der Waals surface area contributed by atoms with E-state index in [1.54, 1.807) is 0 Å². The molecule has 0 rings (SSSR count). The van der Waals surface area contributed by atoms with Crippen molar-refractivity contribution in [2.45, 2.75) is 13.3 Å². The SMILES string of the molecule is [C-]#CCCNCC.[Li+]. The molecule has 0 aliphatic heterocycles. The molecule has 0 heterocycles. The van der Waals surface area contributed by atoms with E-state index < -0.39 is 0 Å². The van der Waals surface area contributed by atoms with Crippen molar-refractivity contribution in [1.29, 1.82) is 0 Å². The fourth-order valence-corrected chi connectivity index (χ4v) is 0.328. The van der Waals surface area contributed by atoms with Gasteiger partial charge in [-0.3, -0.25) is 0 Å².